The lowest BCUT2D eigenvalue weighted by molar-refractivity contribution is -0.170. The predicted molar refractivity (Wildman–Crippen MR) is 156 cm³/mol. The minimum absolute atomic E-state index is 0.00571. The number of carbonyl (C=O) groups is 3. The quantitative estimate of drug-likeness (QED) is 0.244. The number of likely N-dealkylation sites (N-methyl/N-ethyl adjacent to an activating group) is 1. The van der Waals surface area contributed by atoms with E-state index < -0.39 is 61.5 Å². The highest BCUT2D eigenvalue weighted by Gasteiger charge is 2.42. The first kappa shape index (κ1) is 36.1. The fourth-order valence-electron chi connectivity index (χ4n) is 4.27. The molecule has 1 saturated heterocycles. The fraction of sp³-hybridized carbons (Fsp3) is 0.615. The number of rotatable bonds is 12. The van der Waals surface area contributed by atoms with Crippen molar-refractivity contribution < 1.29 is 51.6 Å². The molecule has 0 saturated carbocycles. The van der Waals surface area contributed by atoms with Crippen molar-refractivity contribution in [3.8, 4) is 0 Å². The van der Waals surface area contributed by atoms with Gasteiger partial charge in [0, 0.05) is 32.6 Å². The van der Waals surface area contributed by atoms with Crippen molar-refractivity contribution in [3.63, 3.8) is 0 Å². The summed E-state index contributed by atoms with van der Waals surface area (Å²) in [5.74, 6) is -4.07. The summed E-state index contributed by atoms with van der Waals surface area (Å²) in [7, 11) is -2.94. The van der Waals surface area contributed by atoms with Gasteiger partial charge < -0.3 is 29.9 Å². The Balaban J connectivity index is 0.000000420. The topological polar surface area (TPSA) is 225 Å². The number of fused-ring (bicyclic) bond motifs is 1. The summed E-state index contributed by atoms with van der Waals surface area (Å²) in [5, 5.41) is 33.1. The molecule has 0 spiro atoms. The largest absolute Gasteiger partial charge is 0.481 e. The molecule has 43 heavy (non-hydrogen) atoms. The minimum atomic E-state index is -3.61. The molecular formula is C26H40N4O11S2. The van der Waals surface area contributed by atoms with Crippen molar-refractivity contribution in [2.24, 2.45) is 5.41 Å². The molecular weight excluding hydrogens is 608 g/mol. The number of aliphatic carboxylic acids is 3. The molecule has 0 radical (unpaired) electrons. The summed E-state index contributed by atoms with van der Waals surface area (Å²) in [6, 6.07) is 5.08. The number of aromatic nitrogens is 2. The first-order chi connectivity index (χ1) is 19.5. The van der Waals surface area contributed by atoms with E-state index in [-0.39, 0.29) is 23.4 Å². The molecule has 3 rings (SSSR count). The van der Waals surface area contributed by atoms with Crippen molar-refractivity contribution in [1.82, 2.24) is 18.8 Å². The smallest absolute Gasteiger partial charge is 0.336 e. The summed E-state index contributed by atoms with van der Waals surface area (Å²) in [6.45, 7) is 8.10. The zero-order valence-electron chi connectivity index (χ0n) is 25.0. The standard InChI is InChI=1S/C20H32N4O4S2.C6H8O7/c1-20(2,3)12-19-21-17-11-15(7-8-18(17)24(19)10-9-22(4)5)30(27,28)16-13-23(14-16)29(6,25)26;7-3(8)1-6(13,5(11)12)2-4(9)10/h7-8,11,16H,9-10,12-14H2,1-6H3;13H,1-2H2,(H,7,8)(H,9,10)(H,11,12). The van der Waals surface area contributed by atoms with Crippen molar-refractivity contribution in [3.05, 3.63) is 24.0 Å². The Hall–Kier alpha value is -3.12. The number of hydrogen-bond donors (Lipinski definition) is 4. The molecule has 0 atom stereocenters. The van der Waals surface area contributed by atoms with E-state index in [0.717, 1.165) is 37.1 Å². The number of carboxylic acid groups (broad SMARTS) is 3. The van der Waals surface area contributed by atoms with Crippen LogP contribution >= 0.6 is 0 Å². The third-order valence-corrected chi connectivity index (χ3v) is 9.92. The average molecular weight is 649 g/mol. The zero-order valence-corrected chi connectivity index (χ0v) is 26.6. The fourth-order valence-corrected chi connectivity index (χ4v) is 7.03. The van der Waals surface area contributed by atoms with Crippen molar-refractivity contribution in [2.75, 3.05) is 40.0 Å². The number of nitrogens with zero attached hydrogens (tertiary/aromatic N) is 4. The van der Waals surface area contributed by atoms with Crippen LogP contribution in [0, 0.1) is 5.41 Å². The van der Waals surface area contributed by atoms with Gasteiger partial charge >= 0.3 is 17.9 Å². The van der Waals surface area contributed by atoms with Gasteiger partial charge in [0.05, 0.1) is 40.3 Å². The first-order valence-electron chi connectivity index (χ1n) is 13.2. The molecule has 0 aliphatic carbocycles. The Labute approximate surface area is 250 Å². The van der Waals surface area contributed by atoms with Gasteiger partial charge in [0.2, 0.25) is 10.0 Å². The molecule has 0 unspecified atom stereocenters. The monoisotopic (exact) mass is 648 g/mol. The highest BCUT2D eigenvalue weighted by Crippen LogP contribution is 2.29. The summed E-state index contributed by atoms with van der Waals surface area (Å²) < 4.78 is 52.5. The van der Waals surface area contributed by atoms with E-state index in [1.165, 1.54) is 4.31 Å². The minimum Gasteiger partial charge on any atom is -0.481 e. The van der Waals surface area contributed by atoms with Crippen LogP contribution in [-0.4, -0.2) is 125 Å². The molecule has 242 valence electrons. The van der Waals surface area contributed by atoms with Crippen molar-refractivity contribution in [2.45, 2.75) is 62.3 Å². The number of sulfonamides is 1. The molecule has 1 aromatic heterocycles. The molecule has 15 nitrogen and oxygen atoms in total. The number of sulfone groups is 1. The molecule has 1 fully saturated rings. The Morgan fingerprint density at radius 2 is 1.53 bits per heavy atom. The van der Waals surface area contributed by atoms with Gasteiger partial charge in [-0.3, -0.25) is 9.59 Å². The van der Waals surface area contributed by atoms with Crippen LogP contribution < -0.4 is 0 Å². The maximum Gasteiger partial charge on any atom is 0.336 e. The highest BCUT2D eigenvalue weighted by molar-refractivity contribution is 7.92. The molecule has 0 amide bonds. The summed E-state index contributed by atoms with van der Waals surface area (Å²) in [6.07, 6.45) is -0.411. The van der Waals surface area contributed by atoms with Crippen molar-refractivity contribution in [1.29, 1.82) is 0 Å². The summed E-state index contributed by atoms with van der Waals surface area (Å²) in [5.41, 5.74) is -1.11. The van der Waals surface area contributed by atoms with E-state index in [1.807, 2.05) is 20.2 Å². The summed E-state index contributed by atoms with van der Waals surface area (Å²) in [4.78, 5) is 37.6. The molecule has 17 heteroatoms. The van der Waals surface area contributed by atoms with E-state index in [4.69, 9.17) is 25.4 Å². The van der Waals surface area contributed by atoms with Crippen LogP contribution in [0.3, 0.4) is 0 Å². The molecule has 2 aromatic rings. The molecule has 1 aromatic carbocycles. The number of aliphatic hydroxyl groups is 1. The number of carboxylic acids is 3. The second kappa shape index (κ2) is 13.3. The summed E-state index contributed by atoms with van der Waals surface area (Å²) >= 11 is 0. The van der Waals surface area contributed by atoms with Gasteiger partial charge in [-0.1, -0.05) is 20.8 Å². The second-order valence-corrected chi connectivity index (χ2v) is 16.3. The maximum absolute atomic E-state index is 13.0. The van der Waals surface area contributed by atoms with E-state index >= 15 is 0 Å². The zero-order chi connectivity index (χ0) is 33.1. The lowest BCUT2D eigenvalue weighted by Gasteiger charge is -2.36. The third kappa shape index (κ3) is 9.69. The van der Waals surface area contributed by atoms with E-state index in [0.29, 0.717) is 5.52 Å². The number of benzene rings is 1. The Bertz CT molecular complexity index is 1550. The first-order valence-corrected chi connectivity index (χ1v) is 16.6. The van der Waals surface area contributed by atoms with E-state index in [9.17, 15) is 31.2 Å². The van der Waals surface area contributed by atoms with E-state index in [1.54, 1.807) is 12.1 Å². The van der Waals surface area contributed by atoms with Crippen LogP contribution in [0.25, 0.3) is 11.0 Å². The number of imidazole rings is 1. The van der Waals surface area contributed by atoms with Gasteiger partial charge in [-0.25, -0.2) is 26.6 Å². The molecule has 4 N–H and O–H groups in total. The molecule has 1 aliphatic rings. The van der Waals surface area contributed by atoms with Gasteiger partial charge in [-0.15, -0.1) is 0 Å². The molecule has 1 aliphatic heterocycles. The van der Waals surface area contributed by atoms with Crippen LogP contribution in [-0.2, 0) is 47.2 Å². The van der Waals surface area contributed by atoms with Crippen LogP contribution in [0.2, 0.25) is 0 Å². The Kier molecular flexibility index (Phi) is 11.1. The molecule has 0 bridgehead atoms. The van der Waals surface area contributed by atoms with Crippen LogP contribution in [0.15, 0.2) is 23.1 Å². The highest BCUT2D eigenvalue weighted by atomic mass is 32.2. The van der Waals surface area contributed by atoms with Crippen LogP contribution in [0.5, 0.6) is 0 Å². The average Bonchev–Trinajstić information content (AvgIpc) is 3.08. The van der Waals surface area contributed by atoms with Crippen LogP contribution in [0.4, 0.5) is 0 Å². The van der Waals surface area contributed by atoms with E-state index in [2.05, 4.69) is 30.2 Å². The normalized spacial score (nSPS) is 15.2. The maximum atomic E-state index is 13.0. The van der Waals surface area contributed by atoms with Gasteiger partial charge in [-0.2, -0.15) is 4.31 Å². The van der Waals surface area contributed by atoms with Gasteiger partial charge in [-0.05, 0) is 37.7 Å². The number of hydrogen-bond acceptors (Lipinski definition) is 10. The third-order valence-electron chi connectivity index (χ3n) is 6.59. The Morgan fingerprint density at radius 3 is 1.95 bits per heavy atom. The Morgan fingerprint density at radius 1 is 1.00 bits per heavy atom. The SMILES string of the molecule is CN(C)CCn1c(CC(C)(C)C)nc2cc(S(=O)(=O)C3CN(S(C)(=O)=O)C3)ccc21.O=C(O)CC(O)(CC(=O)O)C(=O)O. The van der Waals surface area contributed by atoms with Gasteiger partial charge in [0.15, 0.2) is 15.4 Å². The molecule has 2 heterocycles. The van der Waals surface area contributed by atoms with Gasteiger partial charge in [0.25, 0.3) is 0 Å². The second-order valence-electron chi connectivity index (χ2n) is 12.1. The lowest BCUT2D eigenvalue weighted by Crippen LogP contribution is -2.56. The predicted octanol–water partition coefficient (Wildman–Crippen LogP) is 0.356. The lowest BCUT2D eigenvalue weighted by atomic mass is 9.92. The van der Waals surface area contributed by atoms with Gasteiger partial charge in [0.1, 0.15) is 5.82 Å². The van der Waals surface area contributed by atoms with Crippen LogP contribution in [0.1, 0.15) is 39.4 Å². The van der Waals surface area contributed by atoms with Crippen molar-refractivity contribution >= 4 is 48.8 Å².